The molecule has 2 aromatic heterocycles. The Morgan fingerprint density at radius 1 is 1.13 bits per heavy atom. The van der Waals surface area contributed by atoms with Crippen molar-refractivity contribution in [3.63, 3.8) is 0 Å². The zero-order chi connectivity index (χ0) is 21.8. The summed E-state index contributed by atoms with van der Waals surface area (Å²) >= 11 is 7.92. The summed E-state index contributed by atoms with van der Waals surface area (Å²) in [6.45, 7) is 0. The van der Waals surface area contributed by atoms with Gasteiger partial charge in [-0.25, -0.2) is 4.98 Å². The number of furan rings is 1. The van der Waals surface area contributed by atoms with Crippen LogP contribution in [0.5, 0.6) is 0 Å². The molecule has 1 aliphatic carbocycles. The van der Waals surface area contributed by atoms with E-state index in [1.54, 1.807) is 24.6 Å². The lowest BCUT2D eigenvalue weighted by Crippen LogP contribution is -2.58. The van der Waals surface area contributed by atoms with E-state index in [-0.39, 0.29) is 0 Å². The number of thiazole rings is 1. The molecule has 0 spiro atoms. The van der Waals surface area contributed by atoms with Crippen molar-refractivity contribution in [1.82, 2.24) is 4.98 Å². The Balaban J connectivity index is 1.40. The van der Waals surface area contributed by atoms with Crippen molar-refractivity contribution in [2.45, 2.75) is 55.4 Å². The summed E-state index contributed by atoms with van der Waals surface area (Å²) in [4.78, 5) is 5.37. The number of nitrogens with zero attached hydrogens (tertiary/aromatic N) is 1. The Bertz CT molecular complexity index is 1070. The normalized spacial score (nSPS) is 29.8. The van der Waals surface area contributed by atoms with Gasteiger partial charge in [-0.15, -0.1) is 11.3 Å². The van der Waals surface area contributed by atoms with Gasteiger partial charge in [-0.05, 0) is 42.2 Å². The summed E-state index contributed by atoms with van der Waals surface area (Å²) in [5.74, 6) is 0.749. The van der Waals surface area contributed by atoms with E-state index in [0.29, 0.717) is 29.8 Å². The van der Waals surface area contributed by atoms with Gasteiger partial charge >= 0.3 is 0 Å². The summed E-state index contributed by atoms with van der Waals surface area (Å²) in [5, 5.41) is 43.0. The number of aliphatic hydroxyl groups is 4. The van der Waals surface area contributed by atoms with Gasteiger partial charge in [0.15, 0.2) is 0 Å². The highest BCUT2D eigenvalue weighted by molar-refractivity contribution is 7.15. The fraction of sp³-hybridized carbons (Fsp3) is 0.409. The molecule has 2 unspecified atom stereocenters. The van der Waals surface area contributed by atoms with Gasteiger partial charge in [-0.1, -0.05) is 23.7 Å². The largest absolute Gasteiger partial charge is 0.463 e. The first kappa shape index (κ1) is 21.1. The number of halogens is 1. The number of rotatable bonds is 5. The van der Waals surface area contributed by atoms with E-state index in [1.165, 1.54) is 11.3 Å². The quantitative estimate of drug-likeness (QED) is 0.459. The molecule has 3 heterocycles. The highest BCUT2D eigenvalue weighted by Crippen LogP contribution is 2.47. The van der Waals surface area contributed by atoms with Gasteiger partial charge in [0.2, 0.25) is 0 Å². The zero-order valence-corrected chi connectivity index (χ0v) is 18.0. The van der Waals surface area contributed by atoms with Crippen LogP contribution in [0, 0.1) is 0 Å². The van der Waals surface area contributed by atoms with Crippen LogP contribution < -0.4 is 0 Å². The first-order chi connectivity index (χ1) is 14.9. The van der Waals surface area contributed by atoms with Gasteiger partial charge in [0.05, 0.1) is 21.7 Å². The maximum atomic E-state index is 10.6. The van der Waals surface area contributed by atoms with Gasteiger partial charge in [0.25, 0.3) is 0 Å². The van der Waals surface area contributed by atoms with Crippen molar-refractivity contribution in [2.24, 2.45) is 0 Å². The Morgan fingerprint density at radius 3 is 2.65 bits per heavy atom. The number of benzene rings is 1. The molecule has 164 valence electrons. The van der Waals surface area contributed by atoms with Gasteiger partial charge < -0.3 is 29.6 Å². The lowest BCUT2D eigenvalue weighted by molar-refractivity contribution is -0.250. The molecule has 4 N–H and O–H groups in total. The smallest absolute Gasteiger partial charge is 0.145 e. The Kier molecular flexibility index (Phi) is 5.42. The number of ether oxygens (including phenoxy) is 1. The van der Waals surface area contributed by atoms with Gasteiger partial charge in [-0.2, -0.15) is 0 Å². The molecule has 2 fully saturated rings. The lowest BCUT2D eigenvalue weighted by atomic mass is 9.88. The Morgan fingerprint density at radius 2 is 1.94 bits per heavy atom. The summed E-state index contributed by atoms with van der Waals surface area (Å²) < 4.78 is 11.3. The first-order valence-electron chi connectivity index (χ1n) is 10.0. The molecule has 0 radical (unpaired) electrons. The van der Waals surface area contributed by atoms with Crippen LogP contribution >= 0.6 is 22.9 Å². The molecule has 3 aromatic rings. The summed E-state index contributed by atoms with van der Waals surface area (Å²) in [7, 11) is 0. The molecule has 9 heteroatoms. The highest BCUT2D eigenvalue weighted by atomic mass is 35.5. The van der Waals surface area contributed by atoms with Crippen molar-refractivity contribution in [2.75, 3.05) is 0 Å². The molecule has 7 nitrogen and oxygen atoms in total. The molecule has 5 rings (SSSR count). The Hall–Kier alpha value is -1.78. The topological polar surface area (TPSA) is 116 Å². The fourth-order valence-electron chi connectivity index (χ4n) is 4.01. The van der Waals surface area contributed by atoms with Crippen LogP contribution in [0.3, 0.4) is 0 Å². The van der Waals surface area contributed by atoms with Crippen LogP contribution in [0.4, 0.5) is 0 Å². The van der Waals surface area contributed by atoms with Crippen LogP contribution in [-0.4, -0.2) is 55.4 Å². The van der Waals surface area contributed by atoms with E-state index in [9.17, 15) is 20.4 Å². The number of hydrogen-bond donors (Lipinski definition) is 4. The minimum absolute atomic E-state index is 0.472. The van der Waals surface area contributed by atoms with E-state index >= 15 is 0 Å². The second-order valence-electron chi connectivity index (χ2n) is 8.18. The molecule has 2 aliphatic rings. The number of aliphatic hydroxyl groups excluding tert-OH is 3. The minimum Gasteiger partial charge on any atom is -0.463 e. The molecule has 1 saturated heterocycles. The van der Waals surface area contributed by atoms with E-state index in [2.05, 4.69) is 4.98 Å². The molecule has 0 amide bonds. The molecular formula is C22H22ClNO6S. The van der Waals surface area contributed by atoms with Crippen LogP contribution in [0.2, 0.25) is 5.02 Å². The average Bonchev–Trinajstić information content (AvgIpc) is 3.15. The predicted molar refractivity (Wildman–Crippen MR) is 114 cm³/mol. The van der Waals surface area contributed by atoms with Crippen LogP contribution in [0.15, 0.2) is 47.2 Å². The van der Waals surface area contributed by atoms with Crippen molar-refractivity contribution in [3.8, 4) is 10.6 Å². The fourth-order valence-corrected chi connectivity index (χ4v) is 5.10. The van der Waals surface area contributed by atoms with E-state index in [0.717, 1.165) is 21.2 Å². The average molecular weight is 464 g/mol. The standard InChI is InChI=1S/C22H22ClNO6S/c23-13-4-3-11(20-18(26)17(25)19(27)21(30-20)22(28)5-6-22)8-12(13)9-16-24-10-15(31-16)14-2-1-7-29-14/h1-4,7-8,10,17-21,25-28H,5-6,9H2/t17-,18?,19+,20?,21+/m1/s1. The minimum atomic E-state index is -1.43. The van der Waals surface area contributed by atoms with Gasteiger partial charge in [0.1, 0.15) is 36.3 Å². The predicted octanol–water partition coefficient (Wildman–Crippen LogP) is 2.69. The third-order valence-corrected chi connectivity index (χ3v) is 7.34. The molecular weight excluding hydrogens is 442 g/mol. The molecule has 5 atom stereocenters. The maximum Gasteiger partial charge on any atom is 0.145 e. The first-order valence-corrected chi connectivity index (χ1v) is 11.2. The van der Waals surface area contributed by atoms with Gasteiger partial charge in [0, 0.05) is 17.6 Å². The molecule has 1 aromatic carbocycles. The third-order valence-electron chi connectivity index (χ3n) is 5.96. The van der Waals surface area contributed by atoms with Crippen molar-refractivity contribution < 1.29 is 29.6 Å². The summed E-state index contributed by atoms with van der Waals surface area (Å²) in [5.41, 5.74) is 0.226. The summed E-state index contributed by atoms with van der Waals surface area (Å²) in [6.07, 6.45) is -1.19. The van der Waals surface area contributed by atoms with Crippen LogP contribution in [0.25, 0.3) is 10.6 Å². The van der Waals surface area contributed by atoms with Crippen molar-refractivity contribution >= 4 is 22.9 Å². The van der Waals surface area contributed by atoms with E-state index < -0.39 is 36.1 Å². The molecule has 1 aliphatic heterocycles. The number of hydrogen-bond acceptors (Lipinski definition) is 8. The monoisotopic (exact) mass is 463 g/mol. The Labute approximate surface area is 187 Å². The highest BCUT2D eigenvalue weighted by Gasteiger charge is 2.58. The van der Waals surface area contributed by atoms with Gasteiger partial charge in [-0.3, -0.25) is 0 Å². The third kappa shape index (κ3) is 3.93. The number of aromatic nitrogens is 1. The molecule has 31 heavy (non-hydrogen) atoms. The SMILES string of the molecule is OC1C(c2ccc(Cl)c(Cc3ncc(-c4ccco4)s3)c2)O[C@H](C2(O)CC2)[C@@H](O)[C@@H]1O. The van der Waals surface area contributed by atoms with Crippen LogP contribution in [-0.2, 0) is 11.2 Å². The van der Waals surface area contributed by atoms with Crippen molar-refractivity contribution in [1.29, 1.82) is 0 Å². The zero-order valence-electron chi connectivity index (χ0n) is 16.4. The van der Waals surface area contributed by atoms with Crippen LogP contribution in [0.1, 0.15) is 35.1 Å². The molecule has 1 saturated carbocycles. The summed E-state index contributed by atoms with van der Waals surface area (Å²) in [6, 6.07) is 8.93. The van der Waals surface area contributed by atoms with Crippen molar-refractivity contribution in [3.05, 3.63) is 63.9 Å². The molecule has 0 bridgehead atoms. The van der Waals surface area contributed by atoms with E-state index in [1.807, 2.05) is 18.2 Å². The maximum absolute atomic E-state index is 10.6. The second-order valence-corrected chi connectivity index (χ2v) is 9.70. The lowest BCUT2D eigenvalue weighted by Gasteiger charge is -2.43. The van der Waals surface area contributed by atoms with E-state index in [4.69, 9.17) is 20.8 Å². The second kappa shape index (κ2) is 7.97.